The summed E-state index contributed by atoms with van der Waals surface area (Å²) in [4.78, 5) is 18.1. The largest absolute Gasteiger partial charge is 0.493 e. The maximum absolute atomic E-state index is 13.4. The third kappa shape index (κ3) is 4.78. The summed E-state index contributed by atoms with van der Waals surface area (Å²) in [5.74, 6) is 1.33. The van der Waals surface area contributed by atoms with Gasteiger partial charge in [0.2, 0.25) is 0 Å². The Hall–Kier alpha value is -3.59. The number of para-hydroxylation sites is 2. The average molecular weight is 470 g/mol. The second kappa shape index (κ2) is 9.91. The van der Waals surface area contributed by atoms with Crippen LogP contribution in [0.5, 0.6) is 17.2 Å². The van der Waals surface area contributed by atoms with E-state index in [9.17, 15) is 13.6 Å². The molecule has 0 aliphatic heterocycles. The van der Waals surface area contributed by atoms with Crippen LogP contribution in [0, 0.1) is 0 Å². The van der Waals surface area contributed by atoms with Crippen LogP contribution in [0.3, 0.4) is 0 Å². The first-order valence-electron chi connectivity index (χ1n) is 9.91. The molecular formula is C24H20F2N2O4S. The Balaban J connectivity index is 1.81. The van der Waals surface area contributed by atoms with Crippen molar-refractivity contribution in [3.05, 3.63) is 82.6 Å². The van der Waals surface area contributed by atoms with E-state index in [1.54, 1.807) is 60.7 Å². The lowest BCUT2D eigenvalue weighted by molar-refractivity contribution is -0.0503. The number of halogens is 2. The van der Waals surface area contributed by atoms with E-state index >= 15 is 0 Å². The highest BCUT2D eigenvalue weighted by atomic mass is 32.2. The molecule has 9 heteroatoms. The van der Waals surface area contributed by atoms with Crippen LogP contribution in [-0.4, -0.2) is 30.4 Å². The summed E-state index contributed by atoms with van der Waals surface area (Å²) in [5, 5.41) is 0.857. The summed E-state index contributed by atoms with van der Waals surface area (Å²) in [7, 11) is 3.04. The van der Waals surface area contributed by atoms with Gasteiger partial charge in [-0.25, -0.2) is 4.98 Å². The lowest BCUT2D eigenvalue weighted by Gasteiger charge is -2.16. The monoisotopic (exact) mass is 470 g/mol. The van der Waals surface area contributed by atoms with Crippen molar-refractivity contribution in [3.63, 3.8) is 0 Å². The Morgan fingerprint density at radius 1 is 0.939 bits per heavy atom. The minimum Gasteiger partial charge on any atom is -0.493 e. The van der Waals surface area contributed by atoms with Gasteiger partial charge in [0.1, 0.15) is 5.75 Å². The highest BCUT2D eigenvalue weighted by Crippen LogP contribution is 2.32. The van der Waals surface area contributed by atoms with E-state index in [4.69, 9.17) is 9.47 Å². The molecule has 1 heterocycles. The molecule has 0 fully saturated rings. The first-order valence-corrected chi connectivity index (χ1v) is 10.9. The average Bonchev–Trinajstić information content (AvgIpc) is 2.83. The Labute approximate surface area is 192 Å². The number of ether oxygens (including phenoxy) is 3. The SMILES string of the molecule is COc1ccc(-n2c(SCc3ccccc3OC(F)F)nc3ccccc3c2=O)cc1OC. The zero-order chi connectivity index (χ0) is 23.4. The molecule has 6 nitrogen and oxygen atoms in total. The number of hydrogen-bond donors (Lipinski definition) is 0. The summed E-state index contributed by atoms with van der Waals surface area (Å²) < 4.78 is 42.4. The quantitative estimate of drug-likeness (QED) is 0.257. The standard InChI is InChI=1S/C24H20F2N2O4S/c1-30-20-12-11-16(13-21(20)31-2)28-22(29)17-8-4-5-9-18(17)27-24(28)33-14-15-7-3-6-10-19(15)32-23(25)26/h3-13,23H,14H2,1-2H3. The van der Waals surface area contributed by atoms with Gasteiger partial charge in [-0.2, -0.15) is 8.78 Å². The lowest BCUT2D eigenvalue weighted by atomic mass is 10.2. The van der Waals surface area contributed by atoms with Gasteiger partial charge in [-0.05, 0) is 30.3 Å². The number of aromatic nitrogens is 2. The van der Waals surface area contributed by atoms with Crippen LogP contribution in [-0.2, 0) is 5.75 Å². The van der Waals surface area contributed by atoms with Crippen molar-refractivity contribution in [2.45, 2.75) is 17.5 Å². The van der Waals surface area contributed by atoms with Crippen molar-refractivity contribution in [1.82, 2.24) is 9.55 Å². The summed E-state index contributed by atoms with van der Waals surface area (Å²) in [6.45, 7) is -2.93. The smallest absolute Gasteiger partial charge is 0.387 e. The Kier molecular flexibility index (Phi) is 6.79. The molecule has 0 aliphatic rings. The zero-order valence-corrected chi connectivity index (χ0v) is 18.6. The molecule has 1 aromatic heterocycles. The molecular weight excluding hydrogens is 450 g/mol. The third-order valence-electron chi connectivity index (χ3n) is 4.92. The summed E-state index contributed by atoms with van der Waals surface area (Å²) >= 11 is 1.24. The fourth-order valence-corrected chi connectivity index (χ4v) is 4.38. The number of methoxy groups -OCH3 is 2. The van der Waals surface area contributed by atoms with Gasteiger partial charge < -0.3 is 14.2 Å². The van der Waals surface area contributed by atoms with Crippen molar-refractivity contribution in [1.29, 1.82) is 0 Å². The van der Waals surface area contributed by atoms with E-state index < -0.39 is 6.61 Å². The molecule has 0 N–H and O–H groups in total. The summed E-state index contributed by atoms with van der Waals surface area (Å²) in [6.07, 6.45) is 0. The normalized spacial score (nSPS) is 11.1. The topological polar surface area (TPSA) is 62.6 Å². The summed E-state index contributed by atoms with van der Waals surface area (Å²) in [6, 6.07) is 18.7. The highest BCUT2D eigenvalue weighted by molar-refractivity contribution is 7.98. The molecule has 4 rings (SSSR count). The Morgan fingerprint density at radius 2 is 1.67 bits per heavy atom. The lowest BCUT2D eigenvalue weighted by Crippen LogP contribution is -2.21. The minimum absolute atomic E-state index is 0.0841. The van der Waals surface area contributed by atoms with E-state index in [0.29, 0.717) is 38.8 Å². The molecule has 0 amide bonds. The van der Waals surface area contributed by atoms with Crippen LogP contribution in [0.25, 0.3) is 16.6 Å². The second-order valence-electron chi connectivity index (χ2n) is 6.87. The molecule has 0 saturated heterocycles. The van der Waals surface area contributed by atoms with Crippen LogP contribution < -0.4 is 19.8 Å². The van der Waals surface area contributed by atoms with Gasteiger partial charge in [0.25, 0.3) is 5.56 Å². The molecule has 0 unspecified atom stereocenters. The molecule has 0 spiro atoms. The van der Waals surface area contributed by atoms with E-state index in [0.717, 1.165) is 0 Å². The molecule has 170 valence electrons. The first-order chi connectivity index (χ1) is 16.0. The van der Waals surface area contributed by atoms with Crippen molar-refractivity contribution in [3.8, 4) is 22.9 Å². The van der Waals surface area contributed by atoms with Gasteiger partial charge in [0, 0.05) is 17.4 Å². The van der Waals surface area contributed by atoms with Crippen LogP contribution >= 0.6 is 11.8 Å². The van der Waals surface area contributed by atoms with Gasteiger partial charge >= 0.3 is 6.61 Å². The van der Waals surface area contributed by atoms with Crippen molar-refractivity contribution < 1.29 is 23.0 Å². The van der Waals surface area contributed by atoms with Crippen molar-refractivity contribution in [2.24, 2.45) is 0 Å². The molecule has 0 aliphatic carbocycles. The van der Waals surface area contributed by atoms with E-state index in [1.165, 1.54) is 36.6 Å². The zero-order valence-electron chi connectivity index (χ0n) is 17.8. The predicted molar refractivity (Wildman–Crippen MR) is 123 cm³/mol. The number of alkyl halides is 2. The van der Waals surface area contributed by atoms with E-state index in [1.807, 2.05) is 0 Å². The number of rotatable bonds is 8. The van der Waals surface area contributed by atoms with Crippen LogP contribution in [0.2, 0.25) is 0 Å². The van der Waals surface area contributed by atoms with Gasteiger partial charge in [0.15, 0.2) is 16.7 Å². The van der Waals surface area contributed by atoms with E-state index in [-0.39, 0.29) is 17.1 Å². The minimum atomic E-state index is -2.93. The number of nitrogens with zero attached hydrogens (tertiary/aromatic N) is 2. The number of fused-ring (bicyclic) bond motifs is 1. The fourth-order valence-electron chi connectivity index (χ4n) is 3.38. The Morgan fingerprint density at radius 3 is 2.42 bits per heavy atom. The number of hydrogen-bond acceptors (Lipinski definition) is 6. The molecule has 0 atom stereocenters. The molecule has 33 heavy (non-hydrogen) atoms. The molecule has 3 aromatic carbocycles. The van der Waals surface area contributed by atoms with Crippen molar-refractivity contribution >= 4 is 22.7 Å². The molecule has 0 bridgehead atoms. The van der Waals surface area contributed by atoms with Gasteiger partial charge in [0.05, 0.1) is 30.8 Å². The number of benzene rings is 3. The predicted octanol–water partition coefficient (Wildman–Crippen LogP) is 5.30. The van der Waals surface area contributed by atoms with Gasteiger partial charge in [-0.1, -0.05) is 42.1 Å². The first kappa shape index (κ1) is 22.6. The maximum Gasteiger partial charge on any atom is 0.387 e. The summed E-state index contributed by atoms with van der Waals surface area (Å²) in [5.41, 5.74) is 1.38. The Bertz CT molecular complexity index is 1340. The second-order valence-corrected chi connectivity index (χ2v) is 7.81. The number of thioether (sulfide) groups is 1. The van der Waals surface area contributed by atoms with Crippen LogP contribution in [0.1, 0.15) is 5.56 Å². The molecule has 0 radical (unpaired) electrons. The maximum atomic E-state index is 13.4. The highest BCUT2D eigenvalue weighted by Gasteiger charge is 2.17. The van der Waals surface area contributed by atoms with Gasteiger partial charge in [-0.3, -0.25) is 9.36 Å². The molecule has 0 saturated carbocycles. The van der Waals surface area contributed by atoms with Crippen molar-refractivity contribution in [2.75, 3.05) is 14.2 Å². The van der Waals surface area contributed by atoms with Crippen LogP contribution in [0.4, 0.5) is 8.78 Å². The van der Waals surface area contributed by atoms with E-state index in [2.05, 4.69) is 9.72 Å². The molecule has 4 aromatic rings. The van der Waals surface area contributed by atoms with Crippen LogP contribution in [0.15, 0.2) is 76.7 Å². The third-order valence-corrected chi connectivity index (χ3v) is 5.90. The van der Waals surface area contributed by atoms with Gasteiger partial charge in [-0.15, -0.1) is 0 Å². The fraction of sp³-hybridized carbons (Fsp3) is 0.167.